The monoisotopic (exact) mass is 333 g/mol. The number of aliphatic hydroxyl groups is 1. The summed E-state index contributed by atoms with van der Waals surface area (Å²) in [4.78, 5) is 8.33. The van der Waals surface area contributed by atoms with E-state index >= 15 is 0 Å². The van der Waals surface area contributed by atoms with E-state index in [2.05, 4.69) is 27.9 Å². The van der Waals surface area contributed by atoms with Crippen LogP contribution >= 0.6 is 11.6 Å². The lowest BCUT2D eigenvalue weighted by molar-refractivity contribution is 0.0156. The van der Waals surface area contributed by atoms with Crippen molar-refractivity contribution in [1.82, 2.24) is 14.8 Å². The summed E-state index contributed by atoms with van der Waals surface area (Å²) < 4.78 is 0. The van der Waals surface area contributed by atoms with Crippen molar-refractivity contribution in [3.8, 4) is 0 Å². The fraction of sp³-hybridized carbons (Fsp3) is 0.556. The topological polar surface area (TPSA) is 42.5 Å². The SMILES string of the molecule is CN1CC[C@@H](O)[C@H](CN2CCc3[nH]c4c(Cl)cccc4c3C2)C1. The molecule has 0 unspecified atom stereocenters. The minimum absolute atomic E-state index is 0.162. The number of fused-ring (bicyclic) bond motifs is 3. The maximum absolute atomic E-state index is 10.3. The first-order valence-corrected chi connectivity index (χ1v) is 8.86. The van der Waals surface area contributed by atoms with Gasteiger partial charge in [0.15, 0.2) is 0 Å². The number of likely N-dealkylation sites (tertiary alicyclic amines) is 1. The van der Waals surface area contributed by atoms with Crippen LogP contribution in [0.3, 0.4) is 0 Å². The molecule has 1 fully saturated rings. The van der Waals surface area contributed by atoms with Crippen LogP contribution in [0.25, 0.3) is 10.9 Å². The van der Waals surface area contributed by atoms with Gasteiger partial charge in [0.2, 0.25) is 0 Å². The van der Waals surface area contributed by atoms with E-state index in [0.29, 0.717) is 5.92 Å². The summed E-state index contributed by atoms with van der Waals surface area (Å²) in [6.07, 6.45) is 1.76. The number of aromatic nitrogens is 1. The summed E-state index contributed by atoms with van der Waals surface area (Å²) in [6.45, 7) is 4.96. The number of piperidine rings is 1. The maximum atomic E-state index is 10.3. The molecule has 1 aromatic carbocycles. The Labute approximate surface area is 142 Å². The molecule has 124 valence electrons. The van der Waals surface area contributed by atoms with E-state index in [1.165, 1.54) is 16.6 Å². The number of nitrogens with zero attached hydrogens (tertiary/aromatic N) is 2. The van der Waals surface area contributed by atoms with E-state index in [1.54, 1.807) is 0 Å². The average molecular weight is 334 g/mol. The molecule has 0 saturated carbocycles. The van der Waals surface area contributed by atoms with Crippen LogP contribution in [0.1, 0.15) is 17.7 Å². The first-order chi connectivity index (χ1) is 11.1. The maximum Gasteiger partial charge on any atom is 0.0648 e. The molecule has 0 spiro atoms. The van der Waals surface area contributed by atoms with Crippen LogP contribution in [0.5, 0.6) is 0 Å². The third kappa shape index (κ3) is 2.89. The second-order valence-corrected chi connectivity index (χ2v) is 7.52. The van der Waals surface area contributed by atoms with Crippen molar-refractivity contribution in [2.24, 2.45) is 5.92 Å². The second-order valence-electron chi connectivity index (χ2n) is 7.11. The largest absolute Gasteiger partial charge is 0.393 e. The number of hydrogen-bond donors (Lipinski definition) is 2. The number of aliphatic hydroxyl groups excluding tert-OH is 1. The lowest BCUT2D eigenvalue weighted by atomic mass is 9.93. The molecule has 1 aromatic heterocycles. The van der Waals surface area contributed by atoms with Gasteiger partial charge in [0, 0.05) is 56.1 Å². The number of hydrogen-bond acceptors (Lipinski definition) is 3. The van der Waals surface area contributed by atoms with Crippen molar-refractivity contribution in [2.45, 2.75) is 25.5 Å². The van der Waals surface area contributed by atoms with Crippen LogP contribution in [0.4, 0.5) is 0 Å². The van der Waals surface area contributed by atoms with Gasteiger partial charge in [-0.1, -0.05) is 23.7 Å². The Balaban J connectivity index is 1.54. The third-order valence-electron chi connectivity index (χ3n) is 5.43. The number of nitrogens with one attached hydrogen (secondary N) is 1. The molecule has 2 aliphatic rings. The molecule has 0 radical (unpaired) electrons. The van der Waals surface area contributed by atoms with Crippen LogP contribution in [-0.4, -0.2) is 59.2 Å². The van der Waals surface area contributed by atoms with E-state index in [1.807, 2.05) is 12.1 Å². The Hall–Kier alpha value is -1.07. The van der Waals surface area contributed by atoms with E-state index in [-0.39, 0.29) is 6.10 Å². The van der Waals surface area contributed by atoms with Crippen LogP contribution in [0.2, 0.25) is 5.02 Å². The van der Waals surface area contributed by atoms with Crippen molar-refractivity contribution >= 4 is 22.5 Å². The molecular weight excluding hydrogens is 310 g/mol. The molecule has 4 rings (SSSR count). The summed E-state index contributed by atoms with van der Waals surface area (Å²) in [5.41, 5.74) is 3.77. The molecule has 0 bridgehead atoms. The predicted octanol–water partition coefficient (Wildman–Crippen LogP) is 2.49. The Morgan fingerprint density at radius 2 is 2.22 bits per heavy atom. The third-order valence-corrected chi connectivity index (χ3v) is 5.74. The zero-order valence-corrected chi connectivity index (χ0v) is 14.3. The number of rotatable bonds is 2. The van der Waals surface area contributed by atoms with E-state index in [9.17, 15) is 5.11 Å². The summed E-state index contributed by atoms with van der Waals surface area (Å²) in [5, 5.41) is 12.4. The van der Waals surface area contributed by atoms with Gasteiger partial charge in [-0.3, -0.25) is 4.90 Å². The Bertz CT molecular complexity index is 714. The average Bonchev–Trinajstić information content (AvgIpc) is 2.91. The van der Waals surface area contributed by atoms with Gasteiger partial charge in [0.25, 0.3) is 0 Å². The van der Waals surface area contributed by atoms with Crippen LogP contribution < -0.4 is 0 Å². The molecule has 3 heterocycles. The smallest absolute Gasteiger partial charge is 0.0648 e. The zero-order chi connectivity index (χ0) is 16.0. The lowest BCUT2D eigenvalue weighted by Gasteiger charge is -2.38. The number of benzene rings is 1. The van der Waals surface area contributed by atoms with Gasteiger partial charge in [-0.15, -0.1) is 0 Å². The summed E-state index contributed by atoms with van der Waals surface area (Å²) in [7, 11) is 2.15. The number of aromatic amines is 1. The van der Waals surface area contributed by atoms with Crippen LogP contribution in [-0.2, 0) is 13.0 Å². The van der Waals surface area contributed by atoms with Crippen molar-refractivity contribution in [3.63, 3.8) is 0 Å². The van der Waals surface area contributed by atoms with Gasteiger partial charge >= 0.3 is 0 Å². The van der Waals surface area contributed by atoms with Crippen LogP contribution in [0.15, 0.2) is 18.2 Å². The molecule has 4 nitrogen and oxygen atoms in total. The highest BCUT2D eigenvalue weighted by Crippen LogP contribution is 2.32. The molecule has 2 atom stereocenters. The number of H-pyrrole nitrogens is 1. The Kier molecular flexibility index (Phi) is 4.10. The minimum atomic E-state index is -0.162. The minimum Gasteiger partial charge on any atom is -0.393 e. The molecule has 2 N–H and O–H groups in total. The predicted molar refractivity (Wildman–Crippen MR) is 93.9 cm³/mol. The first-order valence-electron chi connectivity index (χ1n) is 8.48. The second kappa shape index (κ2) is 6.10. The molecule has 2 aromatic rings. The van der Waals surface area contributed by atoms with Crippen molar-refractivity contribution in [3.05, 3.63) is 34.5 Å². The van der Waals surface area contributed by atoms with Gasteiger partial charge in [-0.25, -0.2) is 0 Å². The molecule has 0 amide bonds. The lowest BCUT2D eigenvalue weighted by Crippen LogP contribution is -2.47. The fourth-order valence-corrected chi connectivity index (χ4v) is 4.35. The van der Waals surface area contributed by atoms with E-state index in [4.69, 9.17) is 11.6 Å². The molecule has 0 aliphatic carbocycles. The van der Waals surface area contributed by atoms with Gasteiger partial charge in [-0.2, -0.15) is 0 Å². The highest BCUT2D eigenvalue weighted by molar-refractivity contribution is 6.35. The Morgan fingerprint density at radius 3 is 3.09 bits per heavy atom. The quantitative estimate of drug-likeness (QED) is 0.887. The Morgan fingerprint density at radius 1 is 1.35 bits per heavy atom. The summed E-state index contributed by atoms with van der Waals surface area (Å²) in [6, 6.07) is 6.12. The van der Waals surface area contributed by atoms with Crippen LogP contribution in [0, 0.1) is 5.92 Å². The number of para-hydroxylation sites is 1. The molecule has 23 heavy (non-hydrogen) atoms. The van der Waals surface area contributed by atoms with Gasteiger partial charge < -0.3 is 15.0 Å². The number of halogens is 1. The standard InChI is InChI=1S/C18H24ClN3O/c1-21-7-6-17(23)12(9-21)10-22-8-5-16-14(11-22)13-3-2-4-15(19)18(13)20-16/h2-4,12,17,20,23H,5-11H2,1H3/t12-,17+/m0/s1. The van der Waals surface area contributed by atoms with Crippen molar-refractivity contribution in [2.75, 3.05) is 33.2 Å². The van der Waals surface area contributed by atoms with Gasteiger partial charge in [0.05, 0.1) is 16.6 Å². The molecular formula is C18H24ClN3O. The first kappa shape index (κ1) is 15.5. The summed E-state index contributed by atoms with van der Waals surface area (Å²) in [5.74, 6) is 0.351. The van der Waals surface area contributed by atoms with Crippen molar-refractivity contribution < 1.29 is 5.11 Å². The summed E-state index contributed by atoms with van der Waals surface area (Å²) >= 11 is 6.32. The molecule has 2 aliphatic heterocycles. The van der Waals surface area contributed by atoms with Gasteiger partial charge in [0.1, 0.15) is 0 Å². The highest BCUT2D eigenvalue weighted by Gasteiger charge is 2.29. The van der Waals surface area contributed by atoms with Gasteiger partial charge in [-0.05, 0) is 25.1 Å². The molecule has 1 saturated heterocycles. The van der Waals surface area contributed by atoms with Crippen molar-refractivity contribution in [1.29, 1.82) is 0 Å². The van der Waals surface area contributed by atoms with E-state index < -0.39 is 0 Å². The molecule has 5 heteroatoms. The zero-order valence-electron chi connectivity index (χ0n) is 13.6. The normalized spacial score (nSPS) is 26.6. The highest BCUT2D eigenvalue weighted by atomic mass is 35.5. The fourth-order valence-electron chi connectivity index (χ4n) is 4.13. The van der Waals surface area contributed by atoms with E-state index in [0.717, 1.165) is 56.1 Å².